The van der Waals surface area contributed by atoms with Gasteiger partial charge >= 0.3 is 0 Å². The van der Waals surface area contributed by atoms with Crippen LogP contribution in [0.1, 0.15) is 51.5 Å². The van der Waals surface area contributed by atoms with Gasteiger partial charge in [0.15, 0.2) is 0 Å². The average molecular weight is 357 g/mol. The second-order valence-electron chi connectivity index (χ2n) is 7.02. The summed E-state index contributed by atoms with van der Waals surface area (Å²) in [5, 5.41) is 10.7. The molecule has 2 unspecified atom stereocenters. The number of hydrogen-bond donors (Lipinski definition) is 2. The summed E-state index contributed by atoms with van der Waals surface area (Å²) in [5.41, 5.74) is 5.42. The van der Waals surface area contributed by atoms with E-state index in [1.807, 2.05) is 55.6 Å². The monoisotopic (exact) mass is 357 g/mol. The summed E-state index contributed by atoms with van der Waals surface area (Å²) < 4.78 is 6.13. The van der Waals surface area contributed by atoms with E-state index in [0.717, 1.165) is 28.1 Å². The third kappa shape index (κ3) is 3.60. The molecule has 0 saturated heterocycles. The lowest BCUT2D eigenvalue weighted by molar-refractivity contribution is 0.186. The molecule has 2 heterocycles. The van der Waals surface area contributed by atoms with Crippen LogP contribution >= 0.6 is 0 Å². The zero-order valence-electron chi connectivity index (χ0n) is 15.5. The predicted molar refractivity (Wildman–Crippen MR) is 107 cm³/mol. The van der Waals surface area contributed by atoms with Gasteiger partial charge in [-0.1, -0.05) is 59.7 Å². The molecule has 2 atom stereocenters. The van der Waals surface area contributed by atoms with E-state index in [0.29, 0.717) is 5.76 Å². The van der Waals surface area contributed by atoms with Gasteiger partial charge < -0.3 is 14.5 Å². The Morgan fingerprint density at radius 3 is 1.93 bits per heavy atom. The molecule has 0 bridgehead atoms. The fraction of sp³-hybridized carbons (Fsp3) is 0.167. The number of aryl methyl sites for hydroxylation is 2. The van der Waals surface area contributed by atoms with Crippen LogP contribution in [0.5, 0.6) is 0 Å². The minimum absolute atomic E-state index is 0.0421. The SMILES string of the molecule is Cc1ccc(C(O)c2ccc(C(c3ccc(C)cc3)c3ccc[nH]3)o2)cc1. The molecule has 4 aromatic rings. The highest BCUT2D eigenvalue weighted by molar-refractivity contribution is 5.39. The lowest BCUT2D eigenvalue weighted by Crippen LogP contribution is -2.03. The Morgan fingerprint density at radius 2 is 1.33 bits per heavy atom. The van der Waals surface area contributed by atoms with Crippen molar-refractivity contribution in [2.45, 2.75) is 25.9 Å². The van der Waals surface area contributed by atoms with E-state index in [1.165, 1.54) is 5.56 Å². The van der Waals surface area contributed by atoms with E-state index in [-0.39, 0.29) is 5.92 Å². The molecular weight excluding hydrogens is 334 g/mol. The Morgan fingerprint density at radius 1 is 0.741 bits per heavy atom. The zero-order valence-corrected chi connectivity index (χ0v) is 15.5. The van der Waals surface area contributed by atoms with Crippen LogP contribution in [0.2, 0.25) is 0 Å². The lowest BCUT2D eigenvalue weighted by atomic mass is 9.93. The highest BCUT2D eigenvalue weighted by atomic mass is 16.4. The molecule has 3 heteroatoms. The van der Waals surface area contributed by atoms with E-state index >= 15 is 0 Å². The molecule has 0 spiro atoms. The summed E-state index contributed by atoms with van der Waals surface area (Å²) in [6, 6.07) is 24.2. The van der Waals surface area contributed by atoms with E-state index in [2.05, 4.69) is 42.2 Å². The van der Waals surface area contributed by atoms with Crippen molar-refractivity contribution in [3.63, 3.8) is 0 Å². The zero-order chi connectivity index (χ0) is 18.8. The first-order chi connectivity index (χ1) is 13.1. The van der Waals surface area contributed by atoms with Gasteiger partial charge in [0.2, 0.25) is 0 Å². The Kier molecular flexibility index (Phi) is 4.69. The van der Waals surface area contributed by atoms with Gasteiger partial charge in [0.1, 0.15) is 17.6 Å². The molecule has 0 aliphatic heterocycles. The highest BCUT2D eigenvalue weighted by Gasteiger charge is 2.23. The fourth-order valence-electron chi connectivity index (χ4n) is 3.36. The molecule has 0 aliphatic carbocycles. The molecule has 0 saturated carbocycles. The predicted octanol–water partition coefficient (Wildman–Crippen LogP) is 5.49. The maximum Gasteiger partial charge on any atom is 0.137 e. The summed E-state index contributed by atoms with van der Waals surface area (Å²) in [6.45, 7) is 4.11. The second-order valence-corrected chi connectivity index (χ2v) is 7.02. The van der Waals surface area contributed by atoms with Gasteiger partial charge in [-0.25, -0.2) is 0 Å². The number of furan rings is 1. The van der Waals surface area contributed by atoms with Crippen LogP contribution in [-0.4, -0.2) is 10.1 Å². The second kappa shape index (κ2) is 7.29. The summed E-state index contributed by atoms with van der Waals surface area (Å²) in [7, 11) is 0. The number of nitrogens with one attached hydrogen (secondary N) is 1. The summed E-state index contributed by atoms with van der Waals surface area (Å²) in [4.78, 5) is 3.30. The van der Waals surface area contributed by atoms with E-state index < -0.39 is 6.10 Å². The molecule has 2 aromatic heterocycles. The number of aliphatic hydroxyl groups excluding tert-OH is 1. The first kappa shape index (κ1) is 17.4. The Balaban J connectivity index is 1.70. The molecule has 4 rings (SSSR count). The smallest absolute Gasteiger partial charge is 0.137 e. The molecule has 136 valence electrons. The largest absolute Gasteiger partial charge is 0.462 e. The van der Waals surface area contributed by atoms with Gasteiger partial charge in [-0.3, -0.25) is 0 Å². The third-order valence-electron chi connectivity index (χ3n) is 4.94. The Bertz CT molecular complexity index is 995. The van der Waals surface area contributed by atoms with Crippen molar-refractivity contribution >= 4 is 0 Å². The van der Waals surface area contributed by atoms with Crippen LogP contribution in [0, 0.1) is 13.8 Å². The number of H-pyrrole nitrogens is 1. The van der Waals surface area contributed by atoms with Gasteiger partial charge in [-0.05, 0) is 49.2 Å². The van der Waals surface area contributed by atoms with Crippen molar-refractivity contribution in [3.8, 4) is 0 Å². The number of rotatable bonds is 5. The quantitative estimate of drug-likeness (QED) is 0.496. The molecule has 0 radical (unpaired) electrons. The van der Waals surface area contributed by atoms with E-state index in [1.54, 1.807) is 0 Å². The summed E-state index contributed by atoms with van der Waals surface area (Å²) in [5.74, 6) is 1.32. The van der Waals surface area contributed by atoms with Crippen LogP contribution < -0.4 is 0 Å². The number of hydrogen-bond acceptors (Lipinski definition) is 2. The van der Waals surface area contributed by atoms with E-state index in [4.69, 9.17) is 4.42 Å². The highest BCUT2D eigenvalue weighted by Crippen LogP contribution is 2.34. The van der Waals surface area contributed by atoms with Crippen LogP contribution in [0.4, 0.5) is 0 Å². The van der Waals surface area contributed by atoms with Gasteiger partial charge in [-0.2, -0.15) is 0 Å². The minimum Gasteiger partial charge on any atom is -0.462 e. The molecule has 0 aliphatic rings. The minimum atomic E-state index is -0.776. The van der Waals surface area contributed by atoms with Gasteiger partial charge in [0.25, 0.3) is 0 Å². The van der Waals surface area contributed by atoms with Crippen LogP contribution in [0.25, 0.3) is 0 Å². The van der Waals surface area contributed by atoms with Crippen LogP contribution in [-0.2, 0) is 0 Å². The normalized spacial score (nSPS) is 13.4. The molecule has 2 aromatic carbocycles. The molecule has 27 heavy (non-hydrogen) atoms. The molecule has 0 fully saturated rings. The van der Waals surface area contributed by atoms with Crippen molar-refractivity contribution in [1.82, 2.24) is 4.98 Å². The lowest BCUT2D eigenvalue weighted by Gasteiger charge is -2.15. The standard InChI is InChI=1S/C24H23NO2/c1-16-5-9-18(10-6-16)23(20-4-3-15-25-20)21-13-14-22(27-21)24(26)19-11-7-17(2)8-12-19/h3-15,23-26H,1-2H3. The van der Waals surface area contributed by atoms with Crippen molar-refractivity contribution in [1.29, 1.82) is 0 Å². The molecule has 2 N–H and O–H groups in total. The van der Waals surface area contributed by atoms with Gasteiger partial charge in [0, 0.05) is 11.9 Å². The van der Waals surface area contributed by atoms with Crippen LogP contribution in [0.3, 0.4) is 0 Å². The number of benzene rings is 2. The summed E-state index contributed by atoms with van der Waals surface area (Å²) in [6.07, 6.45) is 1.14. The van der Waals surface area contributed by atoms with Crippen molar-refractivity contribution in [2.75, 3.05) is 0 Å². The van der Waals surface area contributed by atoms with Crippen LogP contribution in [0.15, 0.2) is 83.4 Å². The van der Waals surface area contributed by atoms with E-state index in [9.17, 15) is 5.11 Å². The van der Waals surface area contributed by atoms with Crippen molar-refractivity contribution < 1.29 is 9.52 Å². The third-order valence-corrected chi connectivity index (χ3v) is 4.94. The maximum atomic E-state index is 10.7. The Labute approximate surface area is 159 Å². The van der Waals surface area contributed by atoms with Gasteiger partial charge in [-0.15, -0.1) is 0 Å². The van der Waals surface area contributed by atoms with Crippen molar-refractivity contribution in [3.05, 3.63) is 118 Å². The fourth-order valence-corrected chi connectivity index (χ4v) is 3.36. The van der Waals surface area contributed by atoms with Gasteiger partial charge in [0.05, 0.1) is 5.92 Å². The first-order valence-corrected chi connectivity index (χ1v) is 9.16. The number of aromatic amines is 1. The first-order valence-electron chi connectivity index (χ1n) is 9.16. The average Bonchev–Trinajstić information content (AvgIpc) is 3.36. The topological polar surface area (TPSA) is 49.2 Å². The summed E-state index contributed by atoms with van der Waals surface area (Å²) >= 11 is 0. The number of aliphatic hydroxyl groups is 1. The molecule has 3 nitrogen and oxygen atoms in total. The Hall–Kier alpha value is -3.04. The maximum absolute atomic E-state index is 10.7. The molecular formula is C24H23NO2. The molecule has 0 amide bonds. The van der Waals surface area contributed by atoms with Crippen molar-refractivity contribution in [2.24, 2.45) is 0 Å². The number of aromatic nitrogens is 1.